The van der Waals surface area contributed by atoms with Gasteiger partial charge in [0.2, 0.25) is 0 Å². The summed E-state index contributed by atoms with van der Waals surface area (Å²) in [5.74, 6) is 2.69. The Hall–Kier alpha value is -1.09. The Kier molecular flexibility index (Phi) is 4.81. The summed E-state index contributed by atoms with van der Waals surface area (Å²) in [6, 6.07) is 4.41. The maximum Gasteiger partial charge on any atom is 0.128 e. The third-order valence-electron chi connectivity index (χ3n) is 4.23. The Morgan fingerprint density at radius 1 is 1.26 bits per heavy atom. The van der Waals surface area contributed by atoms with Crippen molar-refractivity contribution in [2.75, 3.05) is 24.5 Å². The monoisotopic (exact) mass is 261 g/mol. The molecule has 1 fully saturated rings. The van der Waals surface area contributed by atoms with Gasteiger partial charge in [-0.15, -0.1) is 0 Å². The molecule has 1 aromatic heterocycles. The summed E-state index contributed by atoms with van der Waals surface area (Å²) in [5, 5.41) is 3.44. The molecule has 0 bridgehead atoms. The van der Waals surface area contributed by atoms with Gasteiger partial charge in [-0.25, -0.2) is 4.98 Å². The molecule has 19 heavy (non-hydrogen) atoms. The minimum Gasteiger partial charge on any atom is -0.356 e. The highest BCUT2D eigenvalue weighted by Gasteiger charge is 2.26. The maximum absolute atomic E-state index is 4.79. The fourth-order valence-corrected chi connectivity index (χ4v) is 2.66. The molecule has 0 radical (unpaired) electrons. The lowest BCUT2D eigenvalue weighted by Crippen LogP contribution is -2.22. The van der Waals surface area contributed by atoms with Crippen molar-refractivity contribution in [3.8, 4) is 0 Å². The van der Waals surface area contributed by atoms with Gasteiger partial charge in [-0.3, -0.25) is 0 Å². The van der Waals surface area contributed by atoms with Gasteiger partial charge < -0.3 is 10.2 Å². The molecule has 0 aromatic carbocycles. The van der Waals surface area contributed by atoms with Gasteiger partial charge in [0.05, 0.1) is 0 Å². The van der Waals surface area contributed by atoms with Crippen molar-refractivity contribution in [2.24, 2.45) is 11.8 Å². The van der Waals surface area contributed by atoms with E-state index in [1.165, 1.54) is 12.0 Å². The minimum atomic E-state index is 0.771. The first-order valence-electron chi connectivity index (χ1n) is 7.54. The van der Waals surface area contributed by atoms with Gasteiger partial charge in [-0.05, 0) is 43.4 Å². The van der Waals surface area contributed by atoms with Crippen LogP contribution < -0.4 is 10.2 Å². The molecule has 2 atom stereocenters. The van der Waals surface area contributed by atoms with Crippen LogP contribution in [0.4, 0.5) is 5.82 Å². The summed E-state index contributed by atoms with van der Waals surface area (Å²) in [6.45, 7) is 13.3. The van der Waals surface area contributed by atoms with Crippen LogP contribution in [-0.4, -0.2) is 24.6 Å². The first-order chi connectivity index (χ1) is 9.11. The molecule has 1 N–H and O–H groups in total. The zero-order chi connectivity index (χ0) is 13.8. The lowest BCUT2D eigenvalue weighted by atomic mass is 10.0. The third kappa shape index (κ3) is 3.47. The number of hydrogen-bond acceptors (Lipinski definition) is 3. The van der Waals surface area contributed by atoms with Crippen molar-refractivity contribution in [3.63, 3.8) is 0 Å². The number of hydrogen-bond donors (Lipinski definition) is 1. The van der Waals surface area contributed by atoms with Crippen LogP contribution in [0.15, 0.2) is 12.1 Å². The van der Waals surface area contributed by atoms with E-state index in [2.05, 4.69) is 50.0 Å². The second-order valence-corrected chi connectivity index (χ2v) is 5.95. The zero-order valence-corrected chi connectivity index (χ0v) is 12.7. The van der Waals surface area contributed by atoms with Gasteiger partial charge in [-0.1, -0.05) is 26.8 Å². The SMILES string of the molecule is CCCNCc1ccc(N2CC(C)C(C)C2)nc1C. The van der Waals surface area contributed by atoms with E-state index < -0.39 is 0 Å². The van der Waals surface area contributed by atoms with Crippen LogP contribution in [0.3, 0.4) is 0 Å². The number of aryl methyl sites for hydroxylation is 1. The molecule has 0 amide bonds. The largest absolute Gasteiger partial charge is 0.356 e. The Balaban J connectivity index is 2.02. The Morgan fingerprint density at radius 3 is 2.53 bits per heavy atom. The summed E-state index contributed by atoms with van der Waals surface area (Å²) < 4.78 is 0. The normalized spacial score (nSPS) is 23.1. The molecule has 2 heterocycles. The number of anilines is 1. The van der Waals surface area contributed by atoms with E-state index >= 15 is 0 Å². The molecule has 1 aliphatic heterocycles. The Labute approximate surface area is 117 Å². The minimum absolute atomic E-state index is 0.771. The van der Waals surface area contributed by atoms with Crippen LogP contribution in [0.5, 0.6) is 0 Å². The van der Waals surface area contributed by atoms with Gasteiger partial charge in [0.1, 0.15) is 5.82 Å². The number of aromatic nitrogens is 1. The molecule has 2 rings (SSSR count). The molecule has 1 aliphatic rings. The highest BCUT2D eigenvalue weighted by Crippen LogP contribution is 2.26. The van der Waals surface area contributed by atoms with E-state index in [4.69, 9.17) is 4.98 Å². The predicted molar refractivity (Wildman–Crippen MR) is 81.5 cm³/mol. The van der Waals surface area contributed by atoms with Crippen LogP contribution >= 0.6 is 0 Å². The molecule has 1 saturated heterocycles. The number of nitrogens with zero attached hydrogens (tertiary/aromatic N) is 2. The average Bonchev–Trinajstić information content (AvgIpc) is 2.72. The number of pyridine rings is 1. The first kappa shape index (κ1) is 14.3. The molecule has 0 spiro atoms. The summed E-state index contributed by atoms with van der Waals surface area (Å²) in [4.78, 5) is 7.21. The fraction of sp³-hybridized carbons (Fsp3) is 0.688. The molecule has 2 unspecified atom stereocenters. The van der Waals surface area contributed by atoms with Crippen LogP contribution in [0.2, 0.25) is 0 Å². The molecular formula is C16H27N3. The molecule has 1 aromatic rings. The van der Waals surface area contributed by atoms with E-state index in [0.717, 1.165) is 49.5 Å². The smallest absolute Gasteiger partial charge is 0.128 e. The van der Waals surface area contributed by atoms with Crippen molar-refractivity contribution in [3.05, 3.63) is 23.4 Å². The van der Waals surface area contributed by atoms with Crippen molar-refractivity contribution in [1.29, 1.82) is 0 Å². The highest BCUT2D eigenvalue weighted by atomic mass is 15.2. The second kappa shape index (κ2) is 6.38. The average molecular weight is 261 g/mol. The Morgan fingerprint density at radius 2 is 1.95 bits per heavy atom. The summed E-state index contributed by atoms with van der Waals surface area (Å²) >= 11 is 0. The molecule has 3 nitrogen and oxygen atoms in total. The topological polar surface area (TPSA) is 28.2 Å². The van der Waals surface area contributed by atoms with E-state index in [-0.39, 0.29) is 0 Å². The first-order valence-corrected chi connectivity index (χ1v) is 7.54. The molecule has 0 saturated carbocycles. The number of rotatable bonds is 5. The molecular weight excluding hydrogens is 234 g/mol. The lowest BCUT2D eigenvalue weighted by Gasteiger charge is -2.18. The number of nitrogens with one attached hydrogen (secondary N) is 1. The van der Waals surface area contributed by atoms with Gasteiger partial charge in [0.25, 0.3) is 0 Å². The standard InChI is InChI=1S/C16H27N3/c1-5-8-17-9-15-6-7-16(18-14(15)4)19-10-12(2)13(3)11-19/h6-7,12-13,17H,5,8-11H2,1-4H3. The van der Waals surface area contributed by atoms with E-state index in [1.54, 1.807) is 0 Å². The van der Waals surface area contributed by atoms with Crippen molar-refractivity contribution < 1.29 is 0 Å². The van der Waals surface area contributed by atoms with Crippen LogP contribution in [0.1, 0.15) is 38.4 Å². The highest BCUT2D eigenvalue weighted by molar-refractivity contribution is 5.43. The van der Waals surface area contributed by atoms with Crippen molar-refractivity contribution in [1.82, 2.24) is 10.3 Å². The summed E-state index contributed by atoms with van der Waals surface area (Å²) in [5.41, 5.74) is 2.48. The van der Waals surface area contributed by atoms with Crippen LogP contribution in [0.25, 0.3) is 0 Å². The third-order valence-corrected chi connectivity index (χ3v) is 4.23. The van der Waals surface area contributed by atoms with Gasteiger partial charge in [0, 0.05) is 25.3 Å². The molecule has 0 aliphatic carbocycles. The van der Waals surface area contributed by atoms with Gasteiger partial charge in [0.15, 0.2) is 0 Å². The quantitative estimate of drug-likeness (QED) is 0.826. The van der Waals surface area contributed by atoms with Gasteiger partial charge in [-0.2, -0.15) is 0 Å². The van der Waals surface area contributed by atoms with Crippen molar-refractivity contribution >= 4 is 5.82 Å². The Bertz CT molecular complexity index is 406. The predicted octanol–water partition coefficient (Wildman–Crippen LogP) is 2.98. The fourth-order valence-electron chi connectivity index (χ4n) is 2.66. The summed E-state index contributed by atoms with van der Waals surface area (Å²) in [7, 11) is 0. The van der Waals surface area contributed by atoms with E-state index in [1.807, 2.05) is 0 Å². The molecule has 106 valence electrons. The lowest BCUT2D eigenvalue weighted by molar-refractivity contribution is 0.494. The van der Waals surface area contributed by atoms with E-state index in [0.29, 0.717) is 0 Å². The van der Waals surface area contributed by atoms with Gasteiger partial charge >= 0.3 is 0 Å². The second-order valence-electron chi connectivity index (χ2n) is 5.95. The van der Waals surface area contributed by atoms with Crippen LogP contribution in [0, 0.1) is 18.8 Å². The summed E-state index contributed by atoms with van der Waals surface area (Å²) in [6.07, 6.45) is 1.17. The maximum atomic E-state index is 4.79. The van der Waals surface area contributed by atoms with Crippen molar-refractivity contribution in [2.45, 2.75) is 40.7 Å². The van der Waals surface area contributed by atoms with E-state index in [9.17, 15) is 0 Å². The molecule has 3 heteroatoms. The zero-order valence-electron chi connectivity index (χ0n) is 12.7. The van der Waals surface area contributed by atoms with Crippen LogP contribution in [-0.2, 0) is 6.54 Å².